The molecule has 0 aliphatic rings. The van der Waals surface area contributed by atoms with Crippen LogP contribution in [0.5, 0.6) is 17.2 Å². The van der Waals surface area contributed by atoms with E-state index >= 15 is 0 Å². The number of hydrazone groups is 1. The van der Waals surface area contributed by atoms with Gasteiger partial charge in [0.15, 0.2) is 11.5 Å². The summed E-state index contributed by atoms with van der Waals surface area (Å²) in [5, 5.41) is 15.1. The smallest absolute Gasteiger partial charge is 0.335 e. The standard InChI is InChI=1S/C20H21N3O7/c1-28-15-8-14(9-16(29-2)18(15)30-3)19(25)21-11-17(24)23-22-10-12-4-6-13(7-5-12)20(26)27/h4-10H,11H2,1-3H3,(H,21,25)(H,23,24)(H,26,27). The maximum absolute atomic E-state index is 12.3. The highest BCUT2D eigenvalue weighted by Crippen LogP contribution is 2.38. The van der Waals surface area contributed by atoms with Gasteiger partial charge in [0.25, 0.3) is 11.8 Å². The lowest BCUT2D eigenvalue weighted by molar-refractivity contribution is -0.120. The SMILES string of the molecule is COc1cc(C(=O)NCC(=O)NN=Cc2ccc(C(=O)O)cc2)cc(OC)c1OC. The van der Waals surface area contributed by atoms with Crippen LogP contribution in [-0.4, -0.2) is 57.0 Å². The van der Waals surface area contributed by atoms with Gasteiger partial charge >= 0.3 is 5.97 Å². The molecule has 0 aliphatic heterocycles. The minimum atomic E-state index is -1.03. The van der Waals surface area contributed by atoms with Gasteiger partial charge in [0.05, 0.1) is 39.7 Å². The number of ether oxygens (including phenoxy) is 3. The predicted octanol–water partition coefficient (Wildman–Crippen LogP) is 1.29. The van der Waals surface area contributed by atoms with Crippen molar-refractivity contribution in [2.45, 2.75) is 0 Å². The molecule has 0 spiro atoms. The van der Waals surface area contributed by atoms with Crippen molar-refractivity contribution in [3.05, 3.63) is 53.1 Å². The normalized spacial score (nSPS) is 10.4. The Kier molecular flexibility index (Phi) is 7.74. The van der Waals surface area contributed by atoms with E-state index < -0.39 is 17.8 Å². The van der Waals surface area contributed by atoms with Gasteiger partial charge in [-0.25, -0.2) is 10.2 Å². The first kappa shape index (κ1) is 22.2. The summed E-state index contributed by atoms with van der Waals surface area (Å²) < 4.78 is 15.6. The Morgan fingerprint density at radius 2 is 1.57 bits per heavy atom. The molecule has 10 nitrogen and oxygen atoms in total. The third-order valence-electron chi connectivity index (χ3n) is 3.90. The fourth-order valence-corrected chi connectivity index (χ4v) is 2.40. The lowest BCUT2D eigenvalue weighted by Crippen LogP contribution is -2.34. The average molecular weight is 415 g/mol. The molecule has 10 heteroatoms. The number of benzene rings is 2. The van der Waals surface area contributed by atoms with E-state index in [-0.39, 0.29) is 17.7 Å². The fourth-order valence-electron chi connectivity index (χ4n) is 2.40. The van der Waals surface area contributed by atoms with Crippen LogP contribution in [0.1, 0.15) is 26.3 Å². The van der Waals surface area contributed by atoms with E-state index in [2.05, 4.69) is 15.8 Å². The molecule has 0 unspecified atom stereocenters. The van der Waals surface area contributed by atoms with Crippen LogP contribution in [-0.2, 0) is 4.79 Å². The highest BCUT2D eigenvalue weighted by atomic mass is 16.5. The third kappa shape index (κ3) is 5.71. The molecule has 2 amide bonds. The number of carbonyl (C=O) groups is 3. The van der Waals surface area contributed by atoms with Gasteiger partial charge in [0, 0.05) is 5.56 Å². The minimum Gasteiger partial charge on any atom is -0.493 e. The summed E-state index contributed by atoms with van der Waals surface area (Å²) >= 11 is 0. The van der Waals surface area contributed by atoms with Crippen LogP contribution >= 0.6 is 0 Å². The zero-order valence-corrected chi connectivity index (χ0v) is 16.6. The van der Waals surface area contributed by atoms with Gasteiger partial charge in [-0.3, -0.25) is 9.59 Å². The first-order valence-corrected chi connectivity index (χ1v) is 8.63. The lowest BCUT2D eigenvalue weighted by Gasteiger charge is -2.14. The monoisotopic (exact) mass is 415 g/mol. The quantitative estimate of drug-likeness (QED) is 0.415. The van der Waals surface area contributed by atoms with Gasteiger partial charge < -0.3 is 24.6 Å². The van der Waals surface area contributed by atoms with Crippen molar-refractivity contribution >= 4 is 24.0 Å². The fraction of sp³-hybridized carbons (Fsp3) is 0.200. The molecule has 0 aliphatic carbocycles. The molecule has 2 aromatic rings. The highest BCUT2D eigenvalue weighted by molar-refractivity contribution is 5.97. The average Bonchev–Trinajstić information content (AvgIpc) is 2.76. The van der Waals surface area contributed by atoms with Gasteiger partial charge in [0.2, 0.25) is 5.75 Å². The zero-order valence-electron chi connectivity index (χ0n) is 16.6. The second kappa shape index (κ2) is 10.5. The summed E-state index contributed by atoms with van der Waals surface area (Å²) in [6, 6.07) is 8.87. The van der Waals surface area contributed by atoms with Gasteiger partial charge in [-0.2, -0.15) is 5.10 Å². The van der Waals surface area contributed by atoms with Gasteiger partial charge in [-0.05, 0) is 29.8 Å². The van der Waals surface area contributed by atoms with E-state index in [1.54, 1.807) is 12.1 Å². The number of carbonyl (C=O) groups excluding carboxylic acids is 2. The molecule has 2 aromatic carbocycles. The third-order valence-corrected chi connectivity index (χ3v) is 3.90. The second-order valence-corrected chi connectivity index (χ2v) is 5.82. The van der Waals surface area contributed by atoms with Crippen LogP contribution in [0.4, 0.5) is 0 Å². The number of rotatable bonds is 9. The summed E-state index contributed by atoms with van der Waals surface area (Å²) in [7, 11) is 4.31. The number of aromatic carboxylic acids is 1. The number of nitrogens with one attached hydrogen (secondary N) is 2. The number of amides is 2. The minimum absolute atomic E-state index is 0.144. The molecule has 0 heterocycles. The molecule has 0 saturated heterocycles. The van der Waals surface area contributed by atoms with Crippen LogP contribution in [0.25, 0.3) is 0 Å². The lowest BCUT2D eigenvalue weighted by atomic mass is 10.1. The van der Waals surface area contributed by atoms with Crippen LogP contribution in [0, 0.1) is 0 Å². The topological polar surface area (TPSA) is 136 Å². The number of hydrogen-bond donors (Lipinski definition) is 3. The number of carboxylic acids is 1. The van der Waals surface area contributed by atoms with Crippen LogP contribution in [0.2, 0.25) is 0 Å². The summed E-state index contributed by atoms with van der Waals surface area (Å²) in [4.78, 5) is 35.0. The first-order chi connectivity index (χ1) is 14.4. The van der Waals surface area contributed by atoms with Crippen LogP contribution in [0.3, 0.4) is 0 Å². The van der Waals surface area contributed by atoms with E-state index in [1.807, 2.05) is 0 Å². The molecule has 30 heavy (non-hydrogen) atoms. The molecule has 0 bridgehead atoms. The van der Waals surface area contributed by atoms with E-state index in [4.69, 9.17) is 19.3 Å². The summed E-state index contributed by atoms with van der Waals surface area (Å²) in [6.45, 7) is -0.315. The number of hydrogen-bond acceptors (Lipinski definition) is 7. The summed E-state index contributed by atoms with van der Waals surface area (Å²) in [6.07, 6.45) is 1.35. The number of methoxy groups -OCH3 is 3. The van der Waals surface area contributed by atoms with Crippen molar-refractivity contribution in [3.63, 3.8) is 0 Å². The molecule has 0 atom stereocenters. The van der Waals surface area contributed by atoms with E-state index in [0.29, 0.717) is 22.8 Å². The molecule has 158 valence electrons. The van der Waals surface area contributed by atoms with Crippen molar-refractivity contribution in [1.29, 1.82) is 0 Å². The zero-order chi connectivity index (χ0) is 22.1. The van der Waals surface area contributed by atoms with E-state index in [1.165, 1.54) is 51.8 Å². The summed E-state index contributed by atoms with van der Waals surface area (Å²) in [5.74, 6) is -1.13. The van der Waals surface area contributed by atoms with Gasteiger partial charge in [0.1, 0.15) is 0 Å². The Labute approximate surface area is 172 Å². The van der Waals surface area contributed by atoms with Crippen molar-refractivity contribution in [2.75, 3.05) is 27.9 Å². The Balaban J connectivity index is 1.92. The van der Waals surface area contributed by atoms with Crippen molar-refractivity contribution in [1.82, 2.24) is 10.7 Å². The van der Waals surface area contributed by atoms with E-state index in [0.717, 1.165) is 0 Å². The van der Waals surface area contributed by atoms with Gasteiger partial charge in [-0.1, -0.05) is 12.1 Å². The Bertz CT molecular complexity index is 930. The van der Waals surface area contributed by atoms with Crippen molar-refractivity contribution in [3.8, 4) is 17.2 Å². The Morgan fingerprint density at radius 1 is 0.967 bits per heavy atom. The Hall–Kier alpha value is -4.08. The molecule has 0 aromatic heterocycles. The van der Waals surface area contributed by atoms with Crippen molar-refractivity contribution in [2.24, 2.45) is 5.10 Å². The predicted molar refractivity (Wildman–Crippen MR) is 108 cm³/mol. The largest absolute Gasteiger partial charge is 0.493 e. The molecule has 0 saturated carbocycles. The maximum atomic E-state index is 12.3. The molecule has 0 radical (unpaired) electrons. The first-order valence-electron chi connectivity index (χ1n) is 8.63. The van der Waals surface area contributed by atoms with Crippen LogP contribution < -0.4 is 25.0 Å². The molecule has 3 N–H and O–H groups in total. The maximum Gasteiger partial charge on any atom is 0.335 e. The number of nitrogens with zero attached hydrogens (tertiary/aromatic N) is 1. The second-order valence-electron chi connectivity index (χ2n) is 5.82. The van der Waals surface area contributed by atoms with E-state index in [9.17, 15) is 14.4 Å². The highest BCUT2D eigenvalue weighted by Gasteiger charge is 2.17. The van der Waals surface area contributed by atoms with Crippen LogP contribution in [0.15, 0.2) is 41.5 Å². The molecule has 2 rings (SSSR count). The molecular weight excluding hydrogens is 394 g/mol. The molecule has 0 fully saturated rings. The molecular formula is C20H21N3O7. The van der Waals surface area contributed by atoms with Gasteiger partial charge in [-0.15, -0.1) is 0 Å². The van der Waals surface area contributed by atoms with Crippen molar-refractivity contribution < 1.29 is 33.7 Å². The Morgan fingerprint density at radius 3 is 2.07 bits per heavy atom. The number of carboxylic acid groups (broad SMARTS) is 1. The summed E-state index contributed by atoms with van der Waals surface area (Å²) in [5.41, 5.74) is 3.23.